The lowest BCUT2D eigenvalue weighted by Crippen LogP contribution is -2.27. The smallest absolute Gasteiger partial charge is 0.323 e. The third-order valence-electron chi connectivity index (χ3n) is 1.66. The van der Waals surface area contributed by atoms with Crippen molar-refractivity contribution < 1.29 is 19.4 Å². The average Bonchev–Trinajstić information content (AvgIpc) is 2.18. The zero-order valence-electron chi connectivity index (χ0n) is 8.25. The highest BCUT2D eigenvalue weighted by Gasteiger charge is 2.07. The number of carbonyl (C=O) groups is 2. The second kappa shape index (κ2) is 4.96. The molecule has 0 unspecified atom stereocenters. The normalized spacial score (nSPS) is 9.75. The highest BCUT2D eigenvalue weighted by Crippen LogP contribution is 2.01. The number of carboxylic acids is 1. The van der Waals surface area contributed by atoms with Crippen molar-refractivity contribution in [1.29, 1.82) is 0 Å². The number of carboxylic acid groups (broad SMARTS) is 1. The van der Waals surface area contributed by atoms with E-state index in [9.17, 15) is 14.4 Å². The van der Waals surface area contributed by atoms with Gasteiger partial charge in [0.15, 0.2) is 12.4 Å². The van der Waals surface area contributed by atoms with E-state index in [0.717, 1.165) is 4.57 Å². The van der Waals surface area contributed by atoms with Crippen molar-refractivity contribution in [2.24, 2.45) is 5.73 Å². The van der Waals surface area contributed by atoms with Gasteiger partial charge >= 0.3 is 5.97 Å². The second-order valence-electron chi connectivity index (χ2n) is 2.95. The summed E-state index contributed by atoms with van der Waals surface area (Å²) in [6.45, 7) is -0.890. The molecule has 0 radical (unpaired) electrons. The van der Waals surface area contributed by atoms with E-state index in [1.54, 1.807) is 0 Å². The summed E-state index contributed by atoms with van der Waals surface area (Å²) in [6.07, 6.45) is 1.31. The Morgan fingerprint density at radius 2 is 2.19 bits per heavy atom. The Morgan fingerprint density at radius 3 is 2.75 bits per heavy atom. The van der Waals surface area contributed by atoms with E-state index in [0.29, 0.717) is 0 Å². The first kappa shape index (κ1) is 11.8. The SMILES string of the molecule is NC(=O)COc1cccn(CC(=O)O)c1=O. The van der Waals surface area contributed by atoms with Gasteiger partial charge < -0.3 is 20.1 Å². The Kier molecular flexibility index (Phi) is 3.65. The molecule has 1 amide bonds. The molecule has 7 nitrogen and oxygen atoms in total. The summed E-state index contributed by atoms with van der Waals surface area (Å²) in [7, 11) is 0. The number of hydrogen-bond acceptors (Lipinski definition) is 4. The number of amides is 1. The molecule has 0 spiro atoms. The van der Waals surface area contributed by atoms with Crippen LogP contribution in [-0.2, 0) is 16.1 Å². The molecule has 1 aromatic rings. The Bertz CT molecular complexity index is 465. The molecule has 3 N–H and O–H groups in total. The van der Waals surface area contributed by atoms with Crippen LogP contribution in [0.4, 0.5) is 0 Å². The third-order valence-corrected chi connectivity index (χ3v) is 1.66. The van der Waals surface area contributed by atoms with Crippen LogP contribution in [0.25, 0.3) is 0 Å². The zero-order chi connectivity index (χ0) is 12.1. The van der Waals surface area contributed by atoms with E-state index in [1.807, 2.05) is 0 Å². The van der Waals surface area contributed by atoms with E-state index >= 15 is 0 Å². The number of rotatable bonds is 5. The van der Waals surface area contributed by atoms with Gasteiger partial charge in [0.2, 0.25) is 0 Å². The molecular weight excluding hydrogens is 216 g/mol. The number of pyridine rings is 1. The lowest BCUT2D eigenvalue weighted by molar-refractivity contribution is -0.137. The van der Waals surface area contributed by atoms with Crippen molar-refractivity contribution in [2.75, 3.05) is 6.61 Å². The molecule has 0 aliphatic rings. The summed E-state index contributed by atoms with van der Waals surface area (Å²) in [5.74, 6) is -1.97. The zero-order valence-corrected chi connectivity index (χ0v) is 8.25. The van der Waals surface area contributed by atoms with E-state index in [1.165, 1.54) is 18.3 Å². The van der Waals surface area contributed by atoms with Crippen molar-refractivity contribution in [3.8, 4) is 5.75 Å². The number of aliphatic carboxylic acids is 1. The molecule has 0 aliphatic carbocycles. The first-order valence-electron chi connectivity index (χ1n) is 4.33. The summed E-state index contributed by atoms with van der Waals surface area (Å²) in [4.78, 5) is 32.4. The summed E-state index contributed by atoms with van der Waals surface area (Å²) >= 11 is 0. The maximum atomic E-state index is 11.5. The molecule has 86 valence electrons. The Balaban J connectivity index is 2.90. The van der Waals surface area contributed by atoms with Gasteiger partial charge in [-0.3, -0.25) is 14.4 Å². The van der Waals surface area contributed by atoms with E-state index in [4.69, 9.17) is 15.6 Å². The molecule has 0 fully saturated rings. The standard InChI is InChI=1S/C9H10N2O5/c10-7(12)5-16-6-2-1-3-11(9(6)15)4-8(13)14/h1-3H,4-5H2,(H2,10,12)(H,13,14). The molecular formula is C9H10N2O5. The first-order chi connectivity index (χ1) is 7.50. The van der Waals surface area contributed by atoms with Gasteiger partial charge in [-0.15, -0.1) is 0 Å². The van der Waals surface area contributed by atoms with Crippen LogP contribution >= 0.6 is 0 Å². The van der Waals surface area contributed by atoms with Crippen LogP contribution in [-0.4, -0.2) is 28.2 Å². The van der Waals surface area contributed by atoms with Crippen molar-refractivity contribution in [2.45, 2.75) is 6.54 Å². The van der Waals surface area contributed by atoms with Gasteiger partial charge in [0.25, 0.3) is 11.5 Å². The van der Waals surface area contributed by atoms with Gasteiger partial charge in [0.05, 0.1) is 0 Å². The molecule has 0 atom stereocenters. The van der Waals surface area contributed by atoms with Crippen LogP contribution in [0.5, 0.6) is 5.75 Å². The largest absolute Gasteiger partial charge is 0.480 e. The number of hydrogen-bond donors (Lipinski definition) is 2. The van der Waals surface area contributed by atoms with Crippen LogP contribution in [0.3, 0.4) is 0 Å². The van der Waals surface area contributed by atoms with Crippen molar-refractivity contribution in [3.63, 3.8) is 0 Å². The fourth-order valence-corrected chi connectivity index (χ4v) is 1.04. The minimum absolute atomic E-state index is 0.109. The van der Waals surface area contributed by atoms with Crippen LogP contribution in [0.1, 0.15) is 0 Å². The highest BCUT2D eigenvalue weighted by molar-refractivity contribution is 5.75. The number of ether oxygens (including phenoxy) is 1. The number of primary amides is 1. The predicted molar refractivity (Wildman–Crippen MR) is 53.0 cm³/mol. The lowest BCUT2D eigenvalue weighted by atomic mass is 10.4. The maximum absolute atomic E-state index is 11.5. The summed E-state index contributed by atoms with van der Waals surface area (Å²) < 4.78 is 5.78. The van der Waals surface area contributed by atoms with Crippen LogP contribution < -0.4 is 16.0 Å². The molecule has 0 saturated carbocycles. The Hall–Kier alpha value is -2.31. The number of nitrogens with two attached hydrogens (primary N) is 1. The quantitative estimate of drug-likeness (QED) is 0.654. The molecule has 16 heavy (non-hydrogen) atoms. The summed E-state index contributed by atoms with van der Waals surface area (Å²) in [5, 5.41) is 8.53. The Labute approximate surface area is 90.1 Å². The molecule has 0 bridgehead atoms. The van der Waals surface area contributed by atoms with Crippen molar-refractivity contribution >= 4 is 11.9 Å². The van der Waals surface area contributed by atoms with Gasteiger partial charge in [-0.05, 0) is 12.1 Å². The minimum Gasteiger partial charge on any atom is -0.480 e. The topological polar surface area (TPSA) is 112 Å². The van der Waals surface area contributed by atoms with Crippen LogP contribution in [0.15, 0.2) is 23.1 Å². The molecule has 0 aliphatic heterocycles. The van der Waals surface area contributed by atoms with Crippen molar-refractivity contribution in [3.05, 3.63) is 28.7 Å². The number of carbonyl (C=O) groups excluding carboxylic acids is 1. The monoisotopic (exact) mass is 226 g/mol. The summed E-state index contributed by atoms with van der Waals surface area (Å²) in [6, 6.07) is 2.78. The third kappa shape index (κ3) is 3.12. The Morgan fingerprint density at radius 1 is 1.50 bits per heavy atom. The van der Waals surface area contributed by atoms with Crippen LogP contribution in [0, 0.1) is 0 Å². The lowest BCUT2D eigenvalue weighted by Gasteiger charge is -2.06. The fourth-order valence-electron chi connectivity index (χ4n) is 1.04. The highest BCUT2D eigenvalue weighted by atomic mass is 16.5. The minimum atomic E-state index is -1.14. The van der Waals surface area contributed by atoms with Gasteiger partial charge in [0, 0.05) is 6.20 Å². The van der Waals surface area contributed by atoms with Gasteiger partial charge in [-0.25, -0.2) is 0 Å². The second-order valence-corrected chi connectivity index (χ2v) is 2.95. The van der Waals surface area contributed by atoms with Gasteiger partial charge in [0.1, 0.15) is 6.54 Å². The summed E-state index contributed by atoms with van der Waals surface area (Å²) in [5.41, 5.74) is 4.22. The molecule has 7 heteroatoms. The van der Waals surface area contributed by atoms with Gasteiger partial charge in [-0.2, -0.15) is 0 Å². The first-order valence-corrected chi connectivity index (χ1v) is 4.33. The molecule has 0 aromatic carbocycles. The number of nitrogens with zero attached hydrogens (tertiary/aromatic N) is 1. The average molecular weight is 226 g/mol. The molecule has 1 heterocycles. The predicted octanol–water partition coefficient (Wildman–Crippen LogP) is -1.20. The van der Waals surface area contributed by atoms with E-state index in [2.05, 4.69) is 0 Å². The van der Waals surface area contributed by atoms with Crippen molar-refractivity contribution in [1.82, 2.24) is 4.57 Å². The maximum Gasteiger partial charge on any atom is 0.323 e. The molecule has 1 rings (SSSR count). The fraction of sp³-hybridized carbons (Fsp3) is 0.222. The molecule has 1 aromatic heterocycles. The van der Waals surface area contributed by atoms with E-state index < -0.39 is 30.6 Å². The molecule has 0 saturated heterocycles. The van der Waals surface area contributed by atoms with E-state index in [-0.39, 0.29) is 5.75 Å². The van der Waals surface area contributed by atoms with Gasteiger partial charge in [-0.1, -0.05) is 0 Å². The van der Waals surface area contributed by atoms with Crippen LogP contribution in [0.2, 0.25) is 0 Å². The number of aromatic nitrogens is 1.